The Kier molecular flexibility index (Phi) is 5.12. The van der Waals surface area contributed by atoms with Gasteiger partial charge in [-0.15, -0.1) is 0 Å². The van der Waals surface area contributed by atoms with Gasteiger partial charge in [-0.1, -0.05) is 30.7 Å². The lowest BCUT2D eigenvalue weighted by Gasteiger charge is -2.18. The SMILES string of the molecule is CCCN=C(N)N(C)Cc1ccc(Cl)cc1. The predicted octanol–water partition coefficient (Wildman–Crippen LogP) is 2.50. The highest BCUT2D eigenvalue weighted by Gasteiger charge is 2.02. The molecule has 0 amide bonds. The molecule has 16 heavy (non-hydrogen) atoms. The molecule has 0 saturated carbocycles. The Balaban J connectivity index is 2.56. The number of guanidine groups is 1. The standard InChI is InChI=1S/C12H18ClN3/c1-3-8-15-12(14)16(2)9-10-4-6-11(13)7-5-10/h4-7H,3,8-9H2,1-2H3,(H2,14,15). The largest absolute Gasteiger partial charge is 0.370 e. The van der Waals surface area contributed by atoms with Crippen LogP contribution in [0.2, 0.25) is 5.02 Å². The summed E-state index contributed by atoms with van der Waals surface area (Å²) in [7, 11) is 1.93. The Labute approximate surface area is 102 Å². The lowest BCUT2D eigenvalue weighted by molar-refractivity contribution is 0.492. The summed E-state index contributed by atoms with van der Waals surface area (Å²) < 4.78 is 0. The molecule has 0 unspecified atom stereocenters. The summed E-state index contributed by atoms with van der Waals surface area (Å²) >= 11 is 5.82. The fourth-order valence-corrected chi connectivity index (χ4v) is 1.42. The van der Waals surface area contributed by atoms with Gasteiger partial charge in [0, 0.05) is 25.2 Å². The minimum Gasteiger partial charge on any atom is -0.370 e. The number of nitrogens with two attached hydrogens (primary N) is 1. The van der Waals surface area contributed by atoms with Crippen LogP contribution in [0.4, 0.5) is 0 Å². The van der Waals surface area contributed by atoms with Gasteiger partial charge in [0.05, 0.1) is 0 Å². The molecule has 0 aliphatic heterocycles. The van der Waals surface area contributed by atoms with Crippen molar-refractivity contribution in [1.82, 2.24) is 4.90 Å². The van der Waals surface area contributed by atoms with Crippen LogP contribution in [0.5, 0.6) is 0 Å². The number of rotatable bonds is 4. The first kappa shape index (κ1) is 12.8. The van der Waals surface area contributed by atoms with Crippen molar-refractivity contribution >= 4 is 17.6 Å². The maximum atomic E-state index is 5.83. The quantitative estimate of drug-likeness (QED) is 0.648. The van der Waals surface area contributed by atoms with E-state index < -0.39 is 0 Å². The Morgan fingerprint density at radius 2 is 2.00 bits per heavy atom. The van der Waals surface area contributed by atoms with Gasteiger partial charge in [-0.25, -0.2) is 0 Å². The van der Waals surface area contributed by atoms with Crippen molar-refractivity contribution in [2.45, 2.75) is 19.9 Å². The fraction of sp³-hybridized carbons (Fsp3) is 0.417. The Morgan fingerprint density at radius 3 is 2.56 bits per heavy atom. The topological polar surface area (TPSA) is 41.6 Å². The maximum absolute atomic E-state index is 5.83. The van der Waals surface area contributed by atoms with Gasteiger partial charge in [0.15, 0.2) is 5.96 Å². The molecule has 3 nitrogen and oxygen atoms in total. The van der Waals surface area contributed by atoms with Gasteiger partial charge in [0.25, 0.3) is 0 Å². The average Bonchev–Trinajstić information content (AvgIpc) is 2.29. The highest BCUT2D eigenvalue weighted by molar-refractivity contribution is 6.30. The molecule has 0 atom stereocenters. The first-order valence-corrected chi connectivity index (χ1v) is 5.76. The molecule has 1 aromatic rings. The second-order valence-corrected chi connectivity index (χ2v) is 4.16. The monoisotopic (exact) mass is 239 g/mol. The number of hydrogen-bond donors (Lipinski definition) is 1. The molecule has 2 N–H and O–H groups in total. The zero-order valence-corrected chi connectivity index (χ0v) is 10.5. The molecular weight excluding hydrogens is 222 g/mol. The third kappa shape index (κ3) is 4.11. The molecule has 0 saturated heterocycles. The number of benzene rings is 1. The highest BCUT2D eigenvalue weighted by atomic mass is 35.5. The van der Waals surface area contributed by atoms with Gasteiger partial charge in [0.1, 0.15) is 0 Å². The summed E-state index contributed by atoms with van der Waals surface area (Å²) in [6.07, 6.45) is 1.01. The van der Waals surface area contributed by atoms with E-state index in [4.69, 9.17) is 17.3 Å². The van der Waals surface area contributed by atoms with Crippen LogP contribution in [-0.2, 0) is 6.54 Å². The number of nitrogens with zero attached hydrogens (tertiary/aromatic N) is 2. The summed E-state index contributed by atoms with van der Waals surface area (Å²) in [4.78, 5) is 6.18. The molecule has 0 spiro atoms. The Morgan fingerprint density at radius 1 is 1.38 bits per heavy atom. The molecule has 0 bridgehead atoms. The minimum atomic E-state index is 0.580. The fourth-order valence-electron chi connectivity index (χ4n) is 1.29. The summed E-state index contributed by atoms with van der Waals surface area (Å²) in [5.41, 5.74) is 7.00. The van der Waals surface area contributed by atoms with Crippen LogP contribution < -0.4 is 5.73 Å². The molecule has 0 aromatic heterocycles. The van der Waals surface area contributed by atoms with E-state index in [1.165, 1.54) is 5.56 Å². The summed E-state index contributed by atoms with van der Waals surface area (Å²) in [6, 6.07) is 7.74. The van der Waals surface area contributed by atoms with E-state index in [9.17, 15) is 0 Å². The van der Waals surface area contributed by atoms with Crippen molar-refractivity contribution in [2.75, 3.05) is 13.6 Å². The second kappa shape index (κ2) is 6.38. The minimum absolute atomic E-state index is 0.580. The van der Waals surface area contributed by atoms with Crippen LogP contribution >= 0.6 is 11.6 Å². The molecule has 1 aromatic carbocycles. The van der Waals surface area contributed by atoms with Gasteiger partial charge < -0.3 is 10.6 Å². The number of hydrogen-bond acceptors (Lipinski definition) is 1. The van der Waals surface area contributed by atoms with Gasteiger partial charge in [0.2, 0.25) is 0 Å². The van der Waals surface area contributed by atoms with Crippen molar-refractivity contribution in [3.63, 3.8) is 0 Å². The van der Waals surface area contributed by atoms with E-state index in [0.29, 0.717) is 5.96 Å². The summed E-state index contributed by atoms with van der Waals surface area (Å²) in [5, 5.41) is 0.749. The van der Waals surface area contributed by atoms with Crippen LogP contribution in [0.15, 0.2) is 29.3 Å². The summed E-state index contributed by atoms with van der Waals surface area (Å²) in [6.45, 7) is 3.60. The van der Waals surface area contributed by atoms with E-state index in [-0.39, 0.29) is 0 Å². The first-order chi connectivity index (χ1) is 7.63. The molecule has 0 radical (unpaired) electrons. The number of aliphatic imine (C=N–C) groups is 1. The van der Waals surface area contributed by atoms with Crippen LogP contribution in [0.1, 0.15) is 18.9 Å². The zero-order valence-electron chi connectivity index (χ0n) is 9.78. The van der Waals surface area contributed by atoms with E-state index in [0.717, 1.165) is 24.5 Å². The van der Waals surface area contributed by atoms with E-state index in [2.05, 4.69) is 11.9 Å². The highest BCUT2D eigenvalue weighted by Crippen LogP contribution is 2.10. The van der Waals surface area contributed by atoms with Crippen molar-refractivity contribution in [3.05, 3.63) is 34.9 Å². The molecule has 0 aliphatic rings. The lowest BCUT2D eigenvalue weighted by atomic mass is 10.2. The Bertz CT molecular complexity index is 346. The van der Waals surface area contributed by atoms with Crippen LogP contribution in [0, 0.1) is 0 Å². The van der Waals surface area contributed by atoms with Crippen molar-refractivity contribution in [1.29, 1.82) is 0 Å². The van der Waals surface area contributed by atoms with Gasteiger partial charge in [-0.05, 0) is 24.1 Å². The zero-order chi connectivity index (χ0) is 12.0. The predicted molar refractivity (Wildman–Crippen MR) is 69.7 cm³/mol. The van der Waals surface area contributed by atoms with E-state index in [1.807, 2.05) is 36.2 Å². The van der Waals surface area contributed by atoms with E-state index >= 15 is 0 Å². The third-order valence-corrected chi connectivity index (χ3v) is 2.47. The van der Waals surface area contributed by atoms with Crippen LogP contribution in [0.25, 0.3) is 0 Å². The second-order valence-electron chi connectivity index (χ2n) is 3.72. The van der Waals surface area contributed by atoms with Gasteiger partial charge in [-0.3, -0.25) is 4.99 Å². The molecular formula is C12H18ClN3. The van der Waals surface area contributed by atoms with Crippen molar-refractivity contribution in [2.24, 2.45) is 10.7 Å². The van der Waals surface area contributed by atoms with Crippen LogP contribution in [-0.4, -0.2) is 24.5 Å². The number of halogens is 1. The van der Waals surface area contributed by atoms with E-state index in [1.54, 1.807) is 0 Å². The van der Waals surface area contributed by atoms with Gasteiger partial charge >= 0.3 is 0 Å². The summed E-state index contributed by atoms with van der Waals surface area (Å²) in [5.74, 6) is 0.580. The van der Waals surface area contributed by atoms with Crippen LogP contribution in [0.3, 0.4) is 0 Å². The normalized spacial score (nSPS) is 11.6. The van der Waals surface area contributed by atoms with Crippen molar-refractivity contribution in [3.8, 4) is 0 Å². The van der Waals surface area contributed by atoms with Crippen molar-refractivity contribution < 1.29 is 0 Å². The molecule has 88 valence electrons. The molecule has 0 fully saturated rings. The molecule has 0 aliphatic carbocycles. The molecule has 1 rings (SSSR count). The molecule has 0 heterocycles. The third-order valence-electron chi connectivity index (χ3n) is 2.22. The lowest BCUT2D eigenvalue weighted by Crippen LogP contribution is -2.33. The molecule has 4 heteroatoms. The first-order valence-electron chi connectivity index (χ1n) is 5.39. The smallest absolute Gasteiger partial charge is 0.191 e. The Hall–Kier alpha value is -1.22. The maximum Gasteiger partial charge on any atom is 0.191 e. The average molecular weight is 240 g/mol. The van der Waals surface area contributed by atoms with Gasteiger partial charge in [-0.2, -0.15) is 0 Å².